The number of allylic oxidation sites excluding steroid dienone is 1. The number of aryl methyl sites for hydroxylation is 2. The van der Waals surface area contributed by atoms with Gasteiger partial charge in [0.25, 0.3) is 0 Å². The van der Waals surface area contributed by atoms with Crippen LogP contribution in [0.4, 0.5) is 13.2 Å². The Bertz CT molecular complexity index is 988. The van der Waals surface area contributed by atoms with Crippen molar-refractivity contribution in [1.29, 1.82) is 0 Å². The van der Waals surface area contributed by atoms with Gasteiger partial charge in [-0.2, -0.15) is 13.2 Å². The van der Waals surface area contributed by atoms with Crippen molar-refractivity contribution < 1.29 is 22.6 Å². The summed E-state index contributed by atoms with van der Waals surface area (Å²) in [6.07, 6.45) is 1.22. The quantitative estimate of drug-likeness (QED) is 0.303. The number of aromatic nitrogens is 1. The first kappa shape index (κ1) is 38.4. The van der Waals surface area contributed by atoms with E-state index in [2.05, 4.69) is 25.4 Å². The number of rotatable bonds is 8. The van der Waals surface area contributed by atoms with Gasteiger partial charge in [-0.3, -0.25) is 4.98 Å². The summed E-state index contributed by atoms with van der Waals surface area (Å²) in [4.78, 5) is 3.63. The summed E-state index contributed by atoms with van der Waals surface area (Å²) in [5, 5.41) is 0.707. The van der Waals surface area contributed by atoms with Crippen LogP contribution in [0.5, 0.6) is 5.75 Å². The Morgan fingerprint density at radius 3 is 2.08 bits per heavy atom. The molecule has 0 radical (unpaired) electrons. The monoisotopic (exact) mass is 597 g/mol. The highest BCUT2D eigenvalue weighted by Gasteiger charge is 2.30. The van der Waals surface area contributed by atoms with Crippen molar-refractivity contribution >= 4 is 40.4 Å². The first-order chi connectivity index (χ1) is 17.8. The molecule has 0 N–H and O–H groups in total. The van der Waals surface area contributed by atoms with Crippen molar-refractivity contribution in [3.63, 3.8) is 0 Å². The summed E-state index contributed by atoms with van der Waals surface area (Å²) in [6, 6.07) is 4.87. The van der Waals surface area contributed by atoms with Crippen LogP contribution >= 0.6 is 34.8 Å². The van der Waals surface area contributed by atoms with E-state index in [0.29, 0.717) is 28.6 Å². The SMILES string of the molecule is C=C(C)c1cc(OCC=C(Cl)Cl)cc(Cl)c1CCC.CC.CCCOC.Cc1cc(C(F)(F)F)cnc1C. The Balaban J connectivity index is 0. The zero-order valence-corrected chi connectivity index (χ0v) is 25.9. The minimum absolute atomic E-state index is 0.189. The van der Waals surface area contributed by atoms with Gasteiger partial charge in [0.1, 0.15) is 16.8 Å². The fourth-order valence-electron chi connectivity index (χ4n) is 2.78. The second kappa shape index (κ2) is 21.1. The molecule has 38 heavy (non-hydrogen) atoms. The molecule has 0 spiro atoms. The number of benzene rings is 1. The maximum absolute atomic E-state index is 12.1. The lowest BCUT2D eigenvalue weighted by molar-refractivity contribution is -0.137. The third-order valence-electron chi connectivity index (χ3n) is 4.69. The molecule has 0 saturated heterocycles. The average Bonchev–Trinajstić information content (AvgIpc) is 2.84. The zero-order chi connectivity index (χ0) is 29.9. The van der Waals surface area contributed by atoms with E-state index in [1.807, 2.05) is 32.9 Å². The Labute approximate surface area is 242 Å². The lowest BCUT2D eigenvalue weighted by atomic mass is 9.98. The van der Waals surface area contributed by atoms with Crippen LogP contribution < -0.4 is 4.74 Å². The van der Waals surface area contributed by atoms with Gasteiger partial charge in [-0.25, -0.2) is 0 Å². The molecule has 0 amide bonds. The molecule has 1 aromatic carbocycles. The van der Waals surface area contributed by atoms with Gasteiger partial charge in [-0.05, 0) is 74.6 Å². The summed E-state index contributed by atoms with van der Waals surface area (Å²) in [5.74, 6) is 0.689. The molecule has 0 aliphatic carbocycles. The number of hydrogen-bond acceptors (Lipinski definition) is 3. The van der Waals surface area contributed by atoms with E-state index in [-0.39, 0.29) is 4.49 Å². The minimum Gasteiger partial charge on any atom is -0.489 e. The summed E-state index contributed by atoms with van der Waals surface area (Å²) in [6.45, 7) is 18.6. The normalized spacial score (nSPS) is 10.1. The van der Waals surface area contributed by atoms with Gasteiger partial charge in [0.2, 0.25) is 0 Å². The molecule has 0 atom stereocenters. The predicted octanol–water partition coefficient (Wildman–Crippen LogP) is 10.8. The zero-order valence-electron chi connectivity index (χ0n) is 23.7. The second-order valence-corrected chi connectivity index (χ2v) is 9.30. The van der Waals surface area contributed by atoms with E-state index < -0.39 is 11.7 Å². The van der Waals surface area contributed by atoms with Crippen LogP contribution in [0.15, 0.2) is 41.5 Å². The highest BCUT2D eigenvalue weighted by molar-refractivity contribution is 6.55. The largest absolute Gasteiger partial charge is 0.489 e. The first-order valence-electron chi connectivity index (χ1n) is 12.4. The molecule has 0 unspecified atom stereocenters. The average molecular weight is 599 g/mol. The maximum Gasteiger partial charge on any atom is 0.417 e. The third kappa shape index (κ3) is 16.3. The summed E-state index contributed by atoms with van der Waals surface area (Å²) in [5.41, 5.74) is 3.64. The van der Waals surface area contributed by atoms with E-state index in [0.717, 1.165) is 54.8 Å². The van der Waals surface area contributed by atoms with Crippen molar-refractivity contribution in [1.82, 2.24) is 4.98 Å². The van der Waals surface area contributed by atoms with E-state index in [4.69, 9.17) is 44.3 Å². The van der Waals surface area contributed by atoms with Crippen LogP contribution in [0.2, 0.25) is 5.02 Å². The summed E-state index contributed by atoms with van der Waals surface area (Å²) >= 11 is 17.4. The van der Waals surface area contributed by atoms with Gasteiger partial charge in [-0.1, -0.05) is 81.1 Å². The van der Waals surface area contributed by atoms with Gasteiger partial charge >= 0.3 is 6.18 Å². The molecule has 216 valence electrons. The Morgan fingerprint density at radius 1 is 1.08 bits per heavy atom. The fourth-order valence-corrected chi connectivity index (χ4v) is 3.21. The molecule has 0 fully saturated rings. The number of halogens is 6. The topological polar surface area (TPSA) is 31.4 Å². The van der Waals surface area contributed by atoms with Gasteiger partial charge in [0.15, 0.2) is 0 Å². The number of ether oxygens (including phenoxy) is 2. The molecule has 0 aliphatic heterocycles. The molecular formula is C29H41Cl3F3NO2. The van der Waals surface area contributed by atoms with E-state index >= 15 is 0 Å². The smallest absolute Gasteiger partial charge is 0.417 e. The van der Waals surface area contributed by atoms with Crippen LogP contribution in [-0.4, -0.2) is 25.3 Å². The first-order valence-corrected chi connectivity index (χ1v) is 13.5. The molecule has 2 rings (SSSR count). The Morgan fingerprint density at radius 2 is 1.68 bits per heavy atom. The molecule has 0 saturated carbocycles. The van der Waals surface area contributed by atoms with Gasteiger partial charge in [0.05, 0.1) is 5.56 Å². The van der Waals surface area contributed by atoms with Gasteiger partial charge in [0, 0.05) is 30.6 Å². The number of nitrogens with zero attached hydrogens (tertiary/aromatic N) is 1. The van der Waals surface area contributed by atoms with Gasteiger partial charge < -0.3 is 9.47 Å². The number of pyridine rings is 1. The van der Waals surface area contributed by atoms with Crippen LogP contribution in [0.3, 0.4) is 0 Å². The van der Waals surface area contributed by atoms with Crippen molar-refractivity contribution in [3.8, 4) is 5.75 Å². The minimum atomic E-state index is -4.29. The molecule has 1 heterocycles. The highest BCUT2D eigenvalue weighted by Crippen LogP contribution is 2.32. The fraction of sp³-hybridized carbons (Fsp3) is 0.483. The molecular weight excluding hydrogens is 558 g/mol. The van der Waals surface area contributed by atoms with Gasteiger partial charge in [-0.15, -0.1) is 0 Å². The predicted molar refractivity (Wildman–Crippen MR) is 158 cm³/mol. The Hall–Kier alpha value is -1.73. The maximum atomic E-state index is 12.1. The summed E-state index contributed by atoms with van der Waals surface area (Å²) < 4.78 is 46.6. The van der Waals surface area contributed by atoms with Crippen LogP contribution in [0.1, 0.15) is 75.4 Å². The van der Waals surface area contributed by atoms with Crippen molar-refractivity contribution in [3.05, 3.63) is 74.5 Å². The number of hydrogen-bond donors (Lipinski definition) is 0. The molecule has 1 aromatic heterocycles. The molecule has 3 nitrogen and oxygen atoms in total. The summed E-state index contributed by atoms with van der Waals surface area (Å²) in [7, 11) is 1.71. The lowest BCUT2D eigenvalue weighted by Gasteiger charge is -2.14. The van der Waals surface area contributed by atoms with Crippen LogP contribution in [0, 0.1) is 13.8 Å². The highest BCUT2D eigenvalue weighted by atomic mass is 35.5. The Kier molecular flexibility index (Phi) is 21.4. The van der Waals surface area contributed by atoms with Crippen LogP contribution in [0.25, 0.3) is 5.57 Å². The number of methoxy groups -OCH3 is 1. The lowest BCUT2D eigenvalue weighted by Crippen LogP contribution is -2.06. The van der Waals surface area contributed by atoms with Crippen molar-refractivity contribution in [2.24, 2.45) is 0 Å². The van der Waals surface area contributed by atoms with Crippen molar-refractivity contribution in [2.75, 3.05) is 20.3 Å². The molecule has 0 aliphatic rings. The van der Waals surface area contributed by atoms with Crippen LogP contribution in [-0.2, 0) is 17.3 Å². The van der Waals surface area contributed by atoms with Crippen molar-refractivity contribution in [2.45, 2.75) is 73.9 Å². The number of alkyl halides is 3. The van der Waals surface area contributed by atoms with E-state index in [1.165, 1.54) is 0 Å². The standard InChI is InChI=1S/C15H17Cl3O.C8H8F3N.C4H10O.C2H6/c1-4-5-12-13(10(2)3)8-11(9-14(12)16)19-7-6-15(17)18;1-5-3-7(8(9,10)11)4-12-6(5)2;1-3-4-5-2;1-2/h6,8-9H,2,4-5,7H2,1,3H3;3-4H,1-2H3;3-4H2,1-2H3;1-2H3. The molecule has 0 bridgehead atoms. The molecule has 9 heteroatoms. The second-order valence-electron chi connectivity index (χ2n) is 7.88. The van der Waals surface area contributed by atoms with E-state index in [1.54, 1.807) is 27.0 Å². The third-order valence-corrected chi connectivity index (χ3v) is 5.34. The van der Waals surface area contributed by atoms with E-state index in [9.17, 15) is 13.2 Å². The molecule has 2 aromatic rings.